The molecule has 1 aliphatic rings. The van der Waals surface area contributed by atoms with Crippen LogP contribution in [0.2, 0.25) is 0 Å². The van der Waals surface area contributed by atoms with Gasteiger partial charge in [0.05, 0.1) is 0 Å². The van der Waals surface area contributed by atoms with Gasteiger partial charge in [0.15, 0.2) is 5.78 Å². The molecule has 0 fully saturated rings. The number of rotatable bonds is 2. The molecule has 0 saturated heterocycles. The minimum Gasteiger partial charge on any atom is -0.295 e. The lowest BCUT2D eigenvalue weighted by Gasteiger charge is -2.19. The molecule has 0 bridgehead atoms. The highest BCUT2D eigenvalue weighted by Crippen LogP contribution is 2.25. The van der Waals surface area contributed by atoms with Gasteiger partial charge in [0.1, 0.15) is 0 Å². The second-order valence-electron chi connectivity index (χ2n) is 3.40. The summed E-state index contributed by atoms with van der Waals surface area (Å²) in [5, 5.41) is 0. The predicted molar refractivity (Wildman–Crippen MR) is 50.9 cm³/mol. The average Bonchev–Trinajstić information content (AvgIpc) is 2.03. The highest BCUT2D eigenvalue weighted by atomic mass is 16.1. The molecule has 0 heterocycles. The third-order valence-corrected chi connectivity index (χ3v) is 2.43. The molecule has 0 aromatic carbocycles. The van der Waals surface area contributed by atoms with Crippen molar-refractivity contribution in [2.45, 2.75) is 33.1 Å². The molecular formula is C11H16O. The molecule has 0 spiro atoms. The van der Waals surface area contributed by atoms with E-state index in [2.05, 4.69) is 19.1 Å². The number of allylic oxidation sites excluding steroid dienone is 4. The van der Waals surface area contributed by atoms with Gasteiger partial charge in [-0.2, -0.15) is 0 Å². The molecule has 1 atom stereocenters. The smallest absolute Gasteiger partial charge is 0.155 e. The van der Waals surface area contributed by atoms with Crippen LogP contribution in [0.3, 0.4) is 0 Å². The minimum atomic E-state index is 0.296. The normalized spacial score (nSPS) is 24.7. The van der Waals surface area contributed by atoms with Gasteiger partial charge in [-0.25, -0.2) is 0 Å². The van der Waals surface area contributed by atoms with Crippen molar-refractivity contribution >= 4 is 5.78 Å². The van der Waals surface area contributed by atoms with E-state index in [-0.39, 0.29) is 0 Å². The first-order valence-corrected chi connectivity index (χ1v) is 4.56. The number of hydrogen-bond acceptors (Lipinski definition) is 1. The van der Waals surface area contributed by atoms with Crippen LogP contribution in [-0.4, -0.2) is 5.78 Å². The lowest BCUT2D eigenvalue weighted by Crippen LogP contribution is -2.11. The van der Waals surface area contributed by atoms with Gasteiger partial charge in [-0.3, -0.25) is 4.79 Å². The molecule has 12 heavy (non-hydrogen) atoms. The van der Waals surface area contributed by atoms with Crippen LogP contribution in [0.5, 0.6) is 0 Å². The van der Waals surface area contributed by atoms with Gasteiger partial charge in [0.2, 0.25) is 0 Å². The maximum atomic E-state index is 11.0. The van der Waals surface area contributed by atoms with E-state index >= 15 is 0 Å². The van der Waals surface area contributed by atoms with Crippen molar-refractivity contribution in [3.63, 3.8) is 0 Å². The standard InChI is InChI=1S/C11H16O/c1-3-4-5-10-6-7-11(12)8-9(10)2/h3-4,8,10H,5-7H2,1-2H3/b4-3+. The fraction of sp³-hybridized carbons (Fsp3) is 0.545. The second kappa shape index (κ2) is 4.24. The number of hydrogen-bond donors (Lipinski definition) is 0. The van der Waals surface area contributed by atoms with Gasteiger partial charge in [0.25, 0.3) is 0 Å². The third kappa shape index (κ3) is 2.33. The Bertz CT molecular complexity index is 223. The summed E-state index contributed by atoms with van der Waals surface area (Å²) in [5.41, 5.74) is 1.25. The second-order valence-corrected chi connectivity index (χ2v) is 3.40. The Morgan fingerprint density at radius 2 is 2.42 bits per heavy atom. The largest absolute Gasteiger partial charge is 0.295 e. The molecule has 1 nitrogen and oxygen atoms in total. The summed E-state index contributed by atoms with van der Waals surface area (Å²) in [4.78, 5) is 11.0. The van der Waals surface area contributed by atoms with Gasteiger partial charge in [0, 0.05) is 6.42 Å². The van der Waals surface area contributed by atoms with E-state index in [1.54, 1.807) is 6.08 Å². The first-order valence-electron chi connectivity index (χ1n) is 4.56. The first-order chi connectivity index (χ1) is 5.74. The fourth-order valence-electron chi connectivity index (χ4n) is 1.59. The molecule has 66 valence electrons. The van der Waals surface area contributed by atoms with E-state index < -0.39 is 0 Å². The summed E-state index contributed by atoms with van der Waals surface area (Å²) < 4.78 is 0. The summed E-state index contributed by atoms with van der Waals surface area (Å²) >= 11 is 0. The summed E-state index contributed by atoms with van der Waals surface area (Å²) in [6, 6.07) is 0. The topological polar surface area (TPSA) is 17.1 Å². The van der Waals surface area contributed by atoms with Crippen molar-refractivity contribution in [1.82, 2.24) is 0 Å². The summed E-state index contributed by atoms with van der Waals surface area (Å²) in [5.74, 6) is 0.906. The molecule has 1 rings (SSSR count). The summed E-state index contributed by atoms with van der Waals surface area (Å²) in [6.45, 7) is 4.10. The minimum absolute atomic E-state index is 0.296. The van der Waals surface area contributed by atoms with E-state index in [0.29, 0.717) is 11.7 Å². The maximum absolute atomic E-state index is 11.0. The zero-order valence-corrected chi connectivity index (χ0v) is 7.84. The van der Waals surface area contributed by atoms with Crippen LogP contribution in [0.25, 0.3) is 0 Å². The molecule has 0 amide bonds. The van der Waals surface area contributed by atoms with Crippen LogP contribution >= 0.6 is 0 Å². The van der Waals surface area contributed by atoms with Crippen molar-refractivity contribution in [3.8, 4) is 0 Å². The molecule has 0 radical (unpaired) electrons. The van der Waals surface area contributed by atoms with Gasteiger partial charge >= 0.3 is 0 Å². The van der Waals surface area contributed by atoms with Gasteiger partial charge in [-0.15, -0.1) is 0 Å². The Labute approximate surface area is 74.2 Å². The SMILES string of the molecule is C/C=C/CC1CCC(=O)C=C1C. The monoisotopic (exact) mass is 164 g/mol. The predicted octanol–water partition coefficient (Wildman–Crippen LogP) is 2.88. The molecule has 1 heteroatoms. The molecular weight excluding hydrogens is 148 g/mol. The lowest BCUT2D eigenvalue weighted by molar-refractivity contribution is -0.115. The lowest BCUT2D eigenvalue weighted by atomic mass is 9.86. The molecule has 0 aromatic heterocycles. The average molecular weight is 164 g/mol. The van der Waals surface area contributed by atoms with Crippen molar-refractivity contribution < 1.29 is 4.79 Å². The number of carbonyl (C=O) groups excluding carboxylic acids is 1. The van der Waals surface area contributed by atoms with Crippen LogP contribution < -0.4 is 0 Å². The molecule has 1 unspecified atom stereocenters. The van der Waals surface area contributed by atoms with Gasteiger partial charge in [-0.1, -0.05) is 17.7 Å². The zero-order valence-electron chi connectivity index (χ0n) is 7.84. The zero-order chi connectivity index (χ0) is 8.97. The third-order valence-electron chi connectivity index (χ3n) is 2.43. The first kappa shape index (κ1) is 9.24. The van der Waals surface area contributed by atoms with Crippen LogP contribution in [0.4, 0.5) is 0 Å². The van der Waals surface area contributed by atoms with Crippen LogP contribution in [0.1, 0.15) is 33.1 Å². The van der Waals surface area contributed by atoms with Crippen LogP contribution in [0.15, 0.2) is 23.8 Å². The maximum Gasteiger partial charge on any atom is 0.155 e. The summed E-state index contributed by atoms with van der Waals surface area (Å²) in [6.07, 6.45) is 8.91. The Hall–Kier alpha value is -0.850. The van der Waals surface area contributed by atoms with E-state index in [9.17, 15) is 4.79 Å². The van der Waals surface area contributed by atoms with Crippen molar-refractivity contribution in [1.29, 1.82) is 0 Å². The molecule has 0 saturated carbocycles. The highest BCUT2D eigenvalue weighted by molar-refractivity contribution is 5.91. The Morgan fingerprint density at radius 3 is 3.00 bits per heavy atom. The van der Waals surface area contributed by atoms with Crippen LogP contribution in [0, 0.1) is 5.92 Å². The van der Waals surface area contributed by atoms with E-state index in [1.165, 1.54) is 5.57 Å². The quantitative estimate of drug-likeness (QED) is 0.573. The molecule has 1 aliphatic carbocycles. The van der Waals surface area contributed by atoms with E-state index in [0.717, 1.165) is 19.3 Å². The van der Waals surface area contributed by atoms with Gasteiger partial charge in [-0.05, 0) is 38.7 Å². The summed E-state index contributed by atoms with van der Waals surface area (Å²) in [7, 11) is 0. The highest BCUT2D eigenvalue weighted by Gasteiger charge is 2.16. The Balaban J connectivity index is 2.56. The van der Waals surface area contributed by atoms with Crippen molar-refractivity contribution in [3.05, 3.63) is 23.8 Å². The Kier molecular flexibility index (Phi) is 3.27. The number of carbonyl (C=O) groups is 1. The van der Waals surface area contributed by atoms with Crippen LogP contribution in [-0.2, 0) is 4.79 Å². The Morgan fingerprint density at radius 1 is 1.67 bits per heavy atom. The molecule has 0 aromatic rings. The molecule has 0 N–H and O–H groups in total. The van der Waals surface area contributed by atoms with Crippen molar-refractivity contribution in [2.24, 2.45) is 5.92 Å². The van der Waals surface area contributed by atoms with Crippen molar-refractivity contribution in [2.75, 3.05) is 0 Å². The number of ketones is 1. The molecule has 0 aliphatic heterocycles. The fourth-order valence-corrected chi connectivity index (χ4v) is 1.59. The van der Waals surface area contributed by atoms with E-state index in [1.807, 2.05) is 6.92 Å². The van der Waals surface area contributed by atoms with E-state index in [4.69, 9.17) is 0 Å². The van der Waals surface area contributed by atoms with Gasteiger partial charge < -0.3 is 0 Å².